The molecule has 0 atom stereocenters. The van der Waals surface area contributed by atoms with E-state index in [1.54, 1.807) is 18.2 Å². The lowest BCUT2D eigenvalue weighted by Gasteiger charge is -2.09. The molecule has 2 aromatic rings. The lowest BCUT2D eigenvalue weighted by molar-refractivity contribution is -0.0494. The first-order valence-electron chi connectivity index (χ1n) is 4.77. The van der Waals surface area contributed by atoms with Gasteiger partial charge in [0.05, 0.1) is 5.69 Å². The zero-order chi connectivity index (χ0) is 12.3. The molecule has 0 saturated carbocycles. The van der Waals surface area contributed by atoms with Gasteiger partial charge in [0, 0.05) is 11.6 Å². The van der Waals surface area contributed by atoms with Crippen LogP contribution in [0.25, 0.3) is 11.3 Å². The SMILES string of the molecule is O=c1ccc(-c2ccccc2OC(F)F)n[nH]1. The molecule has 1 aromatic heterocycles. The van der Waals surface area contributed by atoms with Crippen LogP contribution in [0.5, 0.6) is 5.75 Å². The fourth-order valence-electron chi connectivity index (χ4n) is 1.37. The molecule has 1 heterocycles. The van der Waals surface area contributed by atoms with Gasteiger partial charge < -0.3 is 4.74 Å². The van der Waals surface area contributed by atoms with Crippen LogP contribution in [-0.2, 0) is 0 Å². The summed E-state index contributed by atoms with van der Waals surface area (Å²) in [5, 5.41) is 5.98. The van der Waals surface area contributed by atoms with E-state index in [1.165, 1.54) is 18.2 Å². The summed E-state index contributed by atoms with van der Waals surface area (Å²) in [6, 6.07) is 8.94. The van der Waals surface area contributed by atoms with E-state index in [2.05, 4.69) is 14.9 Å². The summed E-state index contributed by atoms with van der Waals surface area (Å²) in [6.07, 6.45) is 0. The quantitative estimate of drug-likeness (QED) is 0.890. The minimum absolute atomic E-state index is 0.0158. The lowest BCUT2D eigenvalue weighted by atomic mass is 10.1. The Balaban J connectivity index is 2.44. The molecule has 0 unspecified atom stereocenters. The highest BCUT2D eigenvalue weighted by Gasteiger charge is 2.11. The van der Waals surface area contributed by atoms with Gasteiger partial charge in [-0.2, -0.15) is 13.9 Å². The summed E-state index contributed by atoms with van der Waals surface area (Å²) >= 11 is 0. The van der Waals surface area contributed by atoms with Crippen LogP contribution in [0.4, 0.5) is 8.78 Å². The van der Waals surface area contributed by atoms with Gasteiger partial charge in [-0.3, -0.25) is 4.79 Å². The van der Waals surface area contributed by atoms with Gasteiger partial charge in [-0.25, -0.2) is 5.10 Å². The highest BCUT2D eigenvalue weighted by atomic mass is 19.3. The molecule has 0 aliphatic heterocycles. The van der Waals surface area contributed by atoms with E-state index < -0.39 is 6.61 Å². The Morgan fingerprint density at radius 3 is 2.59 bits per heavy atom. The Kier molecular flexibility index (Phi) is 3.13. The molecule has 1 aromatic carbocycles. The molecule has 0 spiro atoms. The standard InChI is InChI=1S/C11H8F2N2O2/c12-11(13)17-9-4-2-1-3-7(9)8-5-6-10(16)15-14-8/h1-6,11H,(H,15,16). The number of nitrogens with zero attached hydrogens (tertiary/aromatic N) is 1. The average Bonchev–Trinajstić information content (AvgIpc) is 2.30. The first-order chi connectivity index (χ1) is 8.16. The van der Waals surface area contributed by atoms with Crippen molar-refractivity contribution in [1.82, 2.24) is 10.2 Å². The third kappa shape index (κ3) is 2.66. The van der Waals surface area contributed by atoms with E-state index in [9.17, 15) is 13.6 Å². The molecule has 0 fully saturated rings. The molecule has 2 rings (SSSR count). The van der Waals surface area contributed by atoms with Crippen LogP contribution < -0.4 is 10.3 Å². The number of aromatic nitrogens is 2. The summed E-state index contributed by atoms with van der Waals surface area (Å²) in [5.74, 6) is 0.0158. The number of hydrogen-bond acceptors (Lipinski definition) is 3. The lowest BCUT2D eigenvalue weighted by Crippen LogP contribution is -2.07. The van der Waals surface area contributed by atoms with Crippen molar-refractivity contribution in [3.63, 3.8) is 0 Å². The van der Waals surface area contributed by atoms with Crippen molar-refractivity contribution in [1.29, 1.82) is 0 Å². The van der Waals surface area contributed by atoms with Gasteiger partial charge in [-0.15, -0.1) is 0 Å². The molecular weight excluding hydrogens is 230 g/mol. The van der Waals surface area contributed by atoms with Gasteiger partial charge in [-0.05, 0) is 18.2 Å². The van der Waals surface area contributed by atoms with Gasteiger partial charge in [0.2, 0.25) is 0 Å². The van der Waals surface area contributed by atoms with Crippen molar-refractivity contribution in [3.05, 3.63) is 46.8 Å². The Bertz CT molecular complexity index is 549. The Morgan fingerprint density at radius 1 is 1.18 bits per heavy atom. The van der Waals surface area contributed by atoms with Crippen molar-refractivity contribution in [3.8, 4) is 17.0 Å². The monoisotopic (exact) mass is 238 g/mol. The van der Waals surface area contributed by atoms with Crippen molar-refractivity contribution in [2.45, 2.75) is 6.61 Å². The van der Waals surface area contributed by atoms with Crippen molar-refractivity contribution in [2.75, 3.05) is 0 Å². The highest BCUT2D eigenvalue weighted by molar-refractivity contribution is 5.66. The normalized spacial score (nSPS) is 10.5. The van der Waals surface area contributed by atoms with Gasteiger partial charge in [0.15, 0.2) is 0 Å². The molecule has 0 aliphatic rings. The zero-order valence-corrected chi connectivity index (χ0v) is 8.56. The van der Waals surface area contributed by atoms with Crippen LogP contribution >= 0.6 is 0 Å². The van der Waals surface area contributed by atoms with Crippen molar-refractivity contribution >= 4 is 0 Å². The van der Waals surface area contributed by atoms with Gasteiger partial charge >= 0.3 is 6.61 Å². The summed E-state index contributed by atoms with van der Waals surface area (Å²) in [5.41, 5.74) is 0.394. The maximum Gasteiger partial charge on any atom is 0.387 e. The van der Waals surface area contributed by atoms with Crippen LogP contribution in [0.1, 0.15) is 0 Å². The number of nitrogens with one attached hydrogen (secondary N) is 1. The minimum Gasteiger partial charge on any atom is -0.434 e. The zero-order valence-electron chi connectivity index (χ0n) is 8.56. The number of aromatic amines is 1. The van der Waals surface area contributed by atoms with E-state index in [4.69, 9.17) is 0 Å². The number of ether oxygens (including phenoxy) is 1. The smallest absolute Gasteiger partial charge is 0.387 e. The largest absolute Gasteiger partial charge is 0.434 e. The molecule has 6 heteroatoms. The molecule has 0 bridgehead atoms. The molecule has 0 aliphatic carbocycles. The fraction of sp³-hybridized carbons (Fsp3) is 0.0909. The van der Waals surface area contributed by atoms with Crippen LogP contribution in [-0.4, -0.2) is 16.8 Å². The highest BCUT2D eigenvalue weighted by Crippen LogP contribution is 2.28. The summed E-state index contributed by atoms with van der Waals surface area (Å²) < 4.78 is 28.7. The van der Waals surface area contributed by atoms with E-state index in [1.807, 2.05) is 0 Å². The molecule has 0 radical (unpaired) electrons. The Labute approximate surface area is 94.9 Å². The summed E-state index contributed by atoms with van der Waals surface area (Å²) in [4.78, 5) is 10.8. The third-order valence-corrected chi connectivity index (χ3v) is 2.06. The second-order valence-electron chi connectivity index (χ2n) is 3.18. The number of para-hydroxylation sites is 1. The van der Waals surface area contributed by atoms with Crippen LogP contribution in [0, 0.1) is 0 Å². The van der Waals surface area contributed by atoms with Crippen molar-refractivity contribution in [2.24, 2.45) is 0 Å². The van der Waals surface area contributed by atoms with Crippen LogP contribution in [0.3, 0.4) is 0 Å². The van der Waals surface area contributed by atoms with Gasteiger partial charge in [-0.1, -0.05) is 12.1 Å². The predicted molar refractivity (Wildman–Crippen MR) is 56.9 cm³/mol. The number of benzene rings is 1. The summed E-state index contributed by atoms with van der Waals surface area (Å²) in [7, 11) is 0. The number of halogens is 2. The molecule has 0 saturated heterocycles. The van der Waals surface area contributed by atoms with E-state index in [0.29, 0.717) is 11.3 Å². The molecule has 0 amide bonds. The number of H-pyrrole nitrogens is 1. The van der Waals surface area contributed by atoms with E-state index in [0.717, 1.165) is 0 Å². The van der Waals surface area contributed by atoms with E-state index in [-0.39, 0.29) is 11.3 Å². The predicted octanol–water partition coefficient (Wildman–Crippen LogP) is 2.04. The maximum absolute atomic E-state index is 12.2. The fourth-order valence-corrected chi connectivity index (χ4v) is 1.37. The second-order valence-corrected chi connectivity index (χ2v) is 3.18. The van der Waals surface area contributed by atoms with Crippen LogP contribution in [0.2, 0.25) is 0 Å². The van der Waals surface area contributed by atoms with Gasteiger partial charge in [0.1, 0.15) is 5.75 Å². The minimum atomic E-state index is -2.90. The average molecular weight is 238 g/mol. The van der Waals surface area contributed by atoms with E-state index >= 15 is 0 Å². The molecule has 4 nitrogen and oxygen atoms in total. The molecular formula is C11H8F2N2O2. The number of alkyl halides is 2. The first-order valence-corrected chi connectivity index (χ1v) is 4.77. The van der Waals surface area contributed by atoms with Gasteiger partial charge in [0.25, 0.3) is 5.56 Å². The summed E-state index contributed by atoms with van der Waals surface area (Å²) in [6.45, 7) is -2.90. The second kappa shape index (κ2) is 4.73. The van der Waals surface area contributed by atoms with Crippen molar-refractivity contribution < 1.29 is 13.5 Å². The first kappa shape index (κ1) is 11.3. The molecule has 1 N–H and O–H groups in total. The van der Waals surface area contributed by atoms with Crippen LogP contribution in [0.15, 0.2) is 41.2 Å². The maximum atomic E-state index is 12.2. The third-order valence-electron chi connectivity index (χ3n) is 2.06. The topological polar surface area (TPSA) is 55.0 Å². The number of rotatable bonds is 3. The molecule has 88 valence electrons. The Morgan fingerprint density at radius 2 is 1.94 bits per heavy atom. The number of hydrogen-bond donors (Lipinski definition) is 1. The molecule has 17 heavy (non-hydrogen) atoms. The Hall–Kier alpha value is -2.24.